The van der Waals surface area contributed by atoms with Gasteiger partial charge in [-0.15, -0.1) is 11.3 Å². The highest BCUT2D eigenvalue weighted by atomic mass is 32.1. The zero-order chi connectivity index (χ0) is 17.0. The summed E-state index contributed by atoms with van der Waals surface area (Å²) in [5.41, 5.74) is 5.65. The molecule has 0 aliphatic heterocycles. The predicted octanol–water partition coefficient (Wildman–Crippen LogP) is 2.41. The maximum Gasteiger partial charge on any atom is 0.307 e. The first-order valence-corrected chi connectivity index (χ1v) is 8.36. The zero-order valence-corrected chi connectivity index (χ0v) is 13.7. The number of hydrogen-bond donors (Lipinski definition) is 3. The third-order valence-corrected chi connectivity index (χ3v) is 4.98. The first-order chi connectivity index (χ1) is 10.9. The van der Waals surface area contributed by atoms with Crippen LogP contribution in [0.15, 0.2) is 18.2 Å². The van der Waals surface area contributed by atoms with Gasteiger partial charge in [0, 0.05) is 4.88 Å². The molecule has 23 heavy (non-hydrogen) atoms. The monoisotopic (exact) mass is 336 g/mol. The summed E-state index contributed by atoms with van der Waals surface area (Å²) in [5, 5.41) is 12.4. The van der Waals surface area contributed by atoms with E-state index in [1.807, 2.05) is 13.0 Å². The van der Waals surface area contributed by atoms with Gasteiger partial charge in [0.25, 0.3) is 5.91 Å². The molecule has 0 aromatic carbocycles. The Morgan fingerprint density at radius 2 is 1.96 bits per heavy atom. The SMILES string of the molecule is CCCc1cc(C(N)=O)c(NC(=O)[C@@H]2CC=CC[C@@H]2C(=O)O)s1. The first-order valence-electron chi connectivity index (χ1n) is 7.55. The van der Waals surface area contributed by atoms with E-state index in [1.54, 1.807) is 12.1 Å². The lowest BCUT2D eigenvalue weighted by Crippen LogP contribution is -2.34. The van der Waals surface area contributed by atoms with Gasteiger partial charge in [0.2, 0.25) is 5.91 Å². The summed E-state index contributed by atoms with van der Waals surface area (Å²) in [6, 6.07) is 1.70. The molecule has 7 heteroatoms. The van der Waals surface area contributed by atoms with Gasteiger partial charge in [-0.25, -0.2) is 0 Å². The molecule has 0 fully saturated rings. The molecule has 2 atom stereocenters. The predicted molar refractivity (Wildman–Crippen MR) is 88.5 cm³/mol. The molecule has 0 saturated carbocycles. The third kappa shape index (κ3) is 3.98. The van der Waals surface area contributed by atoms with Crippen LogP contribution in [-0.4, -0.2) is 22.9 Å². The van der Waals surface area contributed by atoms with E-state index in [9.17, 15) is 19.5 Å². The smallest absolute Gasteiger partial charge is 0.307 e. The maximum absolute atomic E-state index is 12.5. The largest absolute Gasteiger partial charge is 0.481 e. The highest BCUT2D eigenvalue weighted by Gasteiger charge is 2.34. The molecule has 0 spiro atoms. The zero-order valence-electron chi connectivity index (χ0n) is 12.9. The molecule has 1 aromatic rings. The number of nitrogens with one attached hydrogen (secondary N) is 1. The number of carboxylic acids is 1. The summed E-state index contributed by atoms with van der Waals surface area (Å²) in [6.07, 6.45) is 6.02. The van der Waals surface area contributed by atoms with E-state index < -0.39 is 23.7 Å². The number of carbonyl (C=O) groups excluding carboxylic acids is 2. The molecule has 0 saturated heterocycles. The highest BCUT2D eigenvalue weighted by Crippen LogP contribution is 2.32. The minimum atomic E-state index is -0.984. The van der Waals surface area contributed by atoms with E-state index >= 15 is 0 Å². The van der Waals surface area contributed by atoms with E-state index in [4.69, 9.17) is 5.73 Å². The number of rotatable bonds is 6. The normalized spacial score (nSPS) is 20.2. The Bertz CT molecular complexity index is 651. The van der Waals surface area contributed by atoms with Crippen molar-refractivity contribution in [2.24, 2.45) is 17.6 Å². The number of amides is 2. The second kappa shape index (κ2) is 7.41. The molecule has 4 N–H and O–H groups in total. The van der Waals surface area contributed by atoms with E-state index in [-0.39, 0.29) is 11.5 Å². The van der Waals surface area contributed by atoms with E-state index in [1.165, 1.54) is 11.3 Å². The molecule has 1 aromatic heterocycles. The summed E-state index contributed by atoms with van der Waals surface area (Å²) in [5.74, 6) is -3.35. The van der Waals surface area contributed by atoms with Crippen LogP contribution in [0.4, 0.5) is 5.00 Å². The van der Waals surface area contributed by atoms with Crippen molar-refractivity contribution >= 4 is 34.1 Å². The molecular formula is C16H20N2O4S. The summed E-state index contributed by atoms with van der Waals surface area (Å²) >= 11 is 1.32. The quantitative estimate of drug-likeness (QED) is 0.693. The maximum atomic E-state index is 12.5. The van der Waals surface area contributed by atoms with Crippen molar-refractivity contribution in [1.29, 1.82) is 0 Å². The molecule has 0 unspecified atom stereocenters. The van der Waals surface area contributed by atoms with Crippen LogP contribution in [0.25, 0.3) is 0 Å². The summed E-state index contributed by atoms with van der Waals surface area (Å²) < 4.78 is 0. The lowest BCUT2D eigenvalue weighted by molar-refractivity contribution is -0.146. The average molecular weight is 336 g/mol. The number of aliphatic carboxylic acids is 1. The van der Waals surface area contributed by atoms with Gasteiger partial charge in [-0.1, -0.05) is 25.5 Å². The molecule has 6 nitrogen and oxygen atoms in total. The fourth-order valence-electron chi connectivity index (χ4n) is 2.67. The van der Waals surface area contributed by atoms with Crippen LogP contribution < -0.4 is 11.1 Å². The van der Waals surface area contributed by atoms with Gasteiger partial charge < -0.3 is 16.2 Å². The standard InChI is InChI=1S/C16H20N2O4S/c1-2-5-9-8-12(13(17)19)15(23-9)18-14(20)10-6-3-4-7-11(10)16(21)22/h3-4,8,10-11H,2,5-7H2,1H3,(H2,17,19)(H,18,20)(H,21,22)/t10-,11+/m1/s1. The van der Waals surface area contributed by atoms with Gasteiger partial charge in [-0.2, -0.15) is 0 Å². The molecule has 0 bridgehead atoms. The third-order valence-electron chi connectivity index (χ3n) is 3.87. The lowest BCUT2D eigenvalue weighted by Gasteiger charge is -2.24. The molecule has 2 amide bonds. The molecule has 1 aliphatic rings. The van der Waals surface area contributed by atoms with Crippen molar-refractivity contribution < 1.29 is 19.5 Å². The van der Waals surface area contributed by atoms with Crippen molar-refractivity contribution in [1.82, 2.24) is 0 Å². The van der Waals surface area contributed by atoms with Crippen LogP contribution in [0.3, 0.4) is 0 Å². The number of hydrogen-bond acceptors (Lipinski definition) is 4. The summed E-state index contributed by atoms with van der Waals surface area (Å²) in [4.78, 5) is 36.3. The lowest BCUT2D eigenvalue weighted by atomic mass is 9.82. The number of primary amides is 1. The van der Waals surface area contributed by atoms with Crippen molar-refractivity contribution in [3.8, 4) is 0 Å². The van der Waals surface area contributed by atoms with Crippen LogP contribution >= 0.6 is 11.3 Å². The Hall–Kier alpha value is -2.15. The van der Waals surface area contributed by atoms with E-state index in [0.717, 1.165) is 17.7 Å². The number of carbonyl (C=O) groups is 3. The van der Waals surface area contributed by atoms with Gasteiger partial charge in [0.1, 0.15) is 5.00 Å². The Labute approximate surface area is 138 Å². The van der Waals surface area contributed by atoms with Gasteiger partial charge in [0.05, 0.1) is 17.4 Å². The van der Waals surface area contributed by atoms with Crippen LogP contribution in [0, 0.1) is 11.8 Å². The number of nitrogens with two attached hydrogens (primary N) is 1. The van der Waals surface area contributed by atoms with Crippen LogP contribution in [0.2, 0.25) is 0 Å². The van der Waals surface area contributed by atoms with Crippen molar-refractivity contribution in [3.63, 3.8) is 0 Å². The first kappa shape index (κ1) is 17.2. The summed E-state index contributed by atoms with van der Waals surface area (Å²) in [6.45, 7) is 2.02. The van der Waals surface area contributed by atoms with E-state index in [2.05, 4.69) is 5.32 Å². The number of carboxylic acid groups (broad SMARTS) is 1. The minimum Gasteiger partial charge on any atom is -0.481 e. The molecular weight excluding hydrogens is 316 g/mol. The van der Waals surface area contributed by atoms with E-state index in [0.29, 0.717) is 17.8 Å². The minimum absolute atomic E-state index is 0.282. The molecule has 2 rings (SSSR count). The fourth-order valence-corrected chi connectivity index (χ4v) is 3.84. The van der Waals surface area contributed by atoms with Gasteiger partial charge in [-0.3, -0.25) is 14.4 Å². The van der Waals surface area contributed by atoms with Gasteiger partial charge in [-0.05, 0) is 25.3 Å². The van der Waals surface area contributed by atoms with Gasteiger partial charge in [0.15, 0.2) is 0 Å². The number of thiophene rings is 1. The Morgan fingerprint density at radius 3 is 2.52 bits per heavy atom. The Kier molecular flexibility index (Phi) is 5.54. The number of allylic oxidation sites excluding steroid dienone is 2. The highest BCUT2D eigenvalue weighted by molar-refractivity contribution is 7.16. The van der Waals surface area contributed by atoms with Crippen molar-refractivity contribution in [3.05, 3.63) is 28.7 Å². The van der Waals surface area contributed by atoms with Crippen LogP contribution in [0.5, 0.6) is 0 Å². The topological polar surface area (TPSA) is 109 Å². The van der Waals surface area contributed by atoms with Gasteiger partial charge >= 0.3 is 5.97 Å². The fraction of sp³-hybridized carbons (Fsp3) is 0.438. The molecule has 1 aliphatic carbocycles. The summed E-state index contributed by atoms with van der Waals surface area (Å²) in [7, 11) is 0. The average Bonchev–Trinajstić information content (AvgIpc) is 2.90. The van der Waals surface area contributed by atoms with Crippen molar-refractivity contribution in [2.45, 2.75) is 32.6 Å². The Morgan fingerprint density at radius 1 is 1.30 bits per heavy atom. The van der Waals surface area contributed by atoms with Crippen LogP contribution in [-0.2, 0) is 16.0 Å². The van der Waals surface area contributed by atoms with Crippen molar-refractivity contribution in [2.75, 3.05) is 5.32 Å². The number of anilines is 1. The molecule has 124 valence electrons. The van der Waals surface area contributed by atoms with Crippen LogP contribution in [0.1, 0.15) is 41.4 Å². The Balaban J connectivity index is 2.20. The molecule has 1 heterocycles. The molecule has 0 radical (unpaired) electrons. The second-order valence-corrected chi connectivity index (χ2v) is 6.69. The second-order valence-electron chi connectivity index (χ2n) is 5.55. The number of aryl methyl sites for hydroxylation is 1.